The van der Waals surface area contributed by atoms with E-state index < -0.39 is 11.7 Å². The molecule has 0 saturated carbocycles. The number of pyridine rings is 1. The number of nitrogens with one attached hydrogen (secondary N) is 3. The van der Waals surface area contributed by atoms with Crippen LogP contribution in [0.1, 0.15) is 25.1 Å². The van der Waals surface area contributed by atoms with Crippen LogP contribution in [0, 0.1) is 0 Å². The maximum Gasteiger partial charge on any atom is 0.295 e. The summed E-state index contributed by atoms with van der Waals surface area (Å²) in [5, 5.41) is 0.416. The molecule has 0 unspecified atom stereocenters. The van der Waals surface area contributed by atoms with Gasteiger partial charge in [0.2, 0.25) is 5.96 Å². The first-order valence-corrected chi connectivity index (χ1v) is 12.3. The number of carbonyl (C=O) groups excluding carboxylic acids is 2. The maximum absolute atomic E-state index is 13.4. The minimum atomic E-state index is -0.665. The number of hydrazine groups is 2. The van der Waals surface area contributed by atoms with Gasteiger partial charge in [-0.3, -0.25) is 20.9 Å². The van der Waals surface area contributed by atoms with Crippen molar-refractivity contribution in [3.63, 3.8) is 0 Å². The summed E-state index contributed by atoms with van der Waals surface area (Å²) in [6.07, 6.45) is 4.79. The van der Waals surface area contributed by atoms with Gasteiger partial charge < -0.3 is 25.3 Å². The van der Waals surface area contributed by atoms with Crippen LogP contribution in [0.5, 0.6) is 5.75 Å². The van der Waals surface area contributed by atoms with Crippen LogP contribution in [0.2, 0.25) is 0 Å². The molecule has 14 nitrogen and oxygen atoms in total. The monoisotopic (exact) mass is 535 g/mol. The molecule has 0 aliphatic carbocycles. The fourth-order valence-electron chi connectivity index (χ4n) is 4.03. The highest BCUT2D eigenvalue weighted by molar-refractivity contribution is 6.45. The van der Waals surface area contributed by atoms with Crippen LogP contribution in [-0.2, 0) is 4.79 Å². The Morgan fingerprint density at radius 1 is 1.21 bits per heavy atom. The van der Waals surface area contributed by atoms with Crippen LogP contribution in [0.3, 0.4) is 0 Å². The Balaban J connectivity index is 0.00000441. The molecule has 0 spiro atoms. The number of guanidine groups is 1. The van der Waals surface area contributed by atoms with Crippen molar-refractivity contribution in [3.05, 3.63) is 48.3 Å². The summed E-state index contributed by atoms with van der Waals surface area (Å²) in [5.74, 6) is 5.74. The highest BCUT2D eigenvalue weighted by Gasteiger charge is 2.30. The molecule has 1 aliphatic heterocycles. The van der Waals surface area contributed by atoms with Gasteiger partial charge in [0, 0.05) is 40.2 Å². The quantitative estimate of drug-likeness (QED) is 0.0704. The van der Waals surface area contributed by atoms with Crippen LogP contribution in [-0.4, -0.2) is 82.9 Å². The van der Waals surface area contributed by atoms with E-state index in [0.29, 0.717) is 61.0 Å². The first-order chi connectivity index (χ1) is 19.0. The molecule has 1 amide bonds. The number of nitrogens with zero attached hydrogens (tertiary/aromatic N) is 6. The molecule has 1 saturated heterocycles. The van der Waals surface area contributed by atoms with Gasteiger partial charge in [0.1, 0.15) is 17.9 Å². The number of aromatic amines is 1. The molecule has 0 bridgehead atoms. The van der Waals surface area contributed by atoms with Crippen LogP contribution in [0.15, 0.2) is 57.7 Å². The standard InChI is InChI=1S/C25H31N11O3.H2/c1-3-19(26)30-15-31-23-21-20(18(39-2)14-29-23)17(13-28-21)22(37)24(38)35-9-11-36(12-10-35)25(33-34-27)32-16-7-5-4-6-8-16;/h4-8,13-15,28,34H,3,9-12,27H2,1-2H3,(H,32,33)(H2,26,29,30,31);1H. The molecule has 1 fully saturated rings. The predicted octanol–water partition coefficient (Wildman–Crippen LogP) is 1.23. The van der Waals surface area contributed by atoms with Crippen molar-refractivity contribution in [2.75, 3.05) is 33.3 Å². The number of piperazine rings is 1. The van der Waals surface area contributed by atoms with Crippen LogP contribution in [0.4, 0.5) is 11.5 Å². The number of Topliss-reactive ketones (excluding diaryl/α,β-unsaturated/α-hetero) is 1. The number of hydrogen-bond donors (Lipinski definition) is 5. The number of H-pyrrole nitrogens is 1. The lowest BCUT2D eigenvalue weighted by Crippen LogP contribution is -2.57. The third-order valence-corrected chi connectivity index (χ3v) is 6.12. The Labute approximate surface area is 226 Å². The van der Waals surface area contributed by atoms with Crippen molar-refractivity contribution in [3.8, 4) is 5.75 Å². The highest BCUT2D eigenvalue weighted by Crippen LogP contribution is 2.33. The van der Waals surface area contributed by atoms with E-state index in [1.165, 1.54) is 30.7 Å². The van der Waals surface area contributed by atoms with Crippen LogP contribution in [0.25, 0.3) is 10.9 Å². The van der Waals surface area contributed by atoms with Gasteiger partial charge in [-0.2, -0.15) is 5.53 Å². The molecule has 1 aromatic carbocycles. The molecule has 3 aromatic rings. The molecule has 1 aliphatic rings. The van der Waals surface area contributed by atoms with E-state index >= 15 is 0 Å². The maximum atomic E-state index is 13.4. The number of fused-ring (bicyclic) bond motifs is 1. The molecule has 0 radical (unpaired) electrons. The summed E-state index contributed by atoms with van der Waals surface area (Å²) in [6, 6.07) is 9.41. The molecule has 2 aromatic heterocycles. The Bertz CT molecular complexity index is 1410. The zero-order valence-corrected chi connectivity index (χ0v) is 21.7. The van der Waals surface area contributed by atoms with Gasteiger partial charge in [-0.1, -0.05) is 25.1 Å². The Morgan fingerprint density at radius 3 is 2.59 bits per heavy atom. The summed E-state index contributed by atoms with van der Waals surface area (Å²) in [4.78, 5) is 50.2. The lowest BCUT2D eigenvalue weighted by molar-refractivity contribution is -0.127. The lowest BCUT2D eigenvalue weighted by atomic mass is 10.1. The predicted molar refractivity (Wildman–Crippen MR) is 151 cm³/mol. The van der Waals surface area contributed by atoms with Crippen molar-refractivity contribution < 1.29 is 15.8 Å². The SMILES string of the molecule is CCC(N)=NC=Nc1ncc(OC)c2c(C(=O)C(=O)N3CCN(C(=Nc4ccccc4)NNN)CC3)c[nH]c12.[HH]. The van der Waals surface area contributed by atoms with Crippen molar-refractivity contribution >= 4 is 52.2 Å². The van der Waals surface area contributed by atoms with E-state index in [1.807, 2.05) is 42.2 Å². The van der Waals surface area contributed by atoms with E-state index in [1.54, 1.807) is 0 Å². The molecule has 14 heteroatoms. The number of ketones is 1. The number of aromatic nitrogens is 2. The second-order valence-electron chi connectivity index (χ2n) is 8.47. The number of ether oxygens (including phenoxy) is 1. The number of benzene rings is 1. The number of nitrogens with two attached hydrogens (primary N) is 2. The molecular formula is C25H33N11O3. The van der Waals surface area contributed by atoms with E-state index in [-0.39, 0.29) is 12.8 Å². The van der Waals surface area contributed by atoms with Gasteiger partial charge in [0.15, 0.2) is 5.82 Å². The molecule has 3 heterocycles. The first-order valence-electron chi connectivity index (χ1n) is 12.3. The highest BCUT2D eigenvalue weighted by atomic mass is 16.5. The number of hydrogen-bond acceptors (Lipinski definition) is 8. The summed E-state index contributed by atoms with van der Waals surface area (Å²) in [6.45, 7) is 3.40. The van der Waals surface area contributed by atoms with Crippen LogP contribution >= 0.6 is 0 Å². The largest absolute Gasteiger partial charge is 0.494 e. The fraction of sp³-hybridized carbons (Fsp3) is 0.280. The zero-order chi connectivity index (χ0) is 27.8. The van der Waals surface area contributed by atoms with Crippen molar-refractivity contribution in [2.24, 2.45) is 26.6 Å². The number of amidine groups is 1. The van der Waals surface area contributed by atoms with E-state index in [4.69, 9.17) is 16.3 Å². The summed E-state index contributed by atoms with van der Waals surface area (Å²) >= 11 is 0. The molecule has 0 atom stereocenters. The number of para-hydroxylation sites is 1. The minimum Gasteiger partial charge on any atom is -0.494 e. The fourth-order valence-corrected chi connectivity index (χ4v) is 4.03. The average Bonchev–Trinajstić information content (AvgIpc) is 3.42. The Morgan fingerprint density at radius 2 is 1.92 bits per heavy atom. The number of amides is 1. The van der Waals surface area contributed by atoms with Crippen LogP contribution < -0.4 is 27.3 Å². The van der Waals surface area contributed by atoms with E-state index in [2.05, 4.69) is 35.9 Å². The number of aliphatic imine (C=N–C) groups is 3. The summed E-state index contributed by atoms with van der Waals surface area (Å²) in [5.41, 5.74) is 12.3. The van der Waals surface area contributed by atoms with Gasteiger partial charge in [0.05, 0.1) is 35.5 Å². The van der Waals surface area contributed by atoms with Crippen molar-refractivity contribution in [2.45, 2.75) is 13.3 Å². The first kappa shape index (κ1) is 27.2. The minimum absolute atomic E-state index is 0. The summed E-state index contributed by atoms with van der Waals surface area (Å²) in [7, 11) is 1.47. The second kappa shape index (κ2) is 12.6. The molecule has 39 heavy (non-hydrogen) atoms. The summed E-state index contributed by atoms with van der Waals surface area (Å²) < 4.78 is 5.43. The number of carbonyl (C=O) groups is 2. The molecule has 7 N–H and O–H groups in total. The van der Waals surface area contributed by atoms with Gasteiger partial charge in [0.25, 0.3) is 11.7 Å². The van der Waals surface area contributed by atoms with Gasteiger partial charge in [-0.25, -0.2) is 20.0 Å². The van der Waals surface area contributed by atoms with Gasteiger partial charge in [-0.05, 0) is 12.1 Å². The number of rotatable bonds is 8. The normalized spacial score (nSPS) is 14.7. The molecule has 4 rings (SSSR count). The second-order valence-corrected chi connectivity index (χ2v) is 8.47. The van der Waals surface area contributed by atoms with Gasteiger partial charge in [-0.15, -0.1) is 0 Å². The third kappa shape index (κ3) is 6.19. The number of methoxy groups -OCH3 is 1. The smallest absolute Gasteiger partial charge is 0.295 e. The lowest BCUT2D eigenvalue weighted by Gasteiger charge is -2.36. The molecular weight excluding hydrogens is 502 g/mol. The third-order valence-electron chi connectivity index (χ3n) is 6.12. The van der Waals surface area contributed by atoms with Crippen molar-refractivity contribution in [1.82, 2.24) is 30.7 Å². The topological polar surface area (TPSA) is 192 Å². The Kier molecular flexibility index (Phi) is 8.81. The van der Waals surface area contributed by atoms with E-state index in [0.717, 1.165) is 5.69 Å². The zero-order valence-electron chi connectivity index (χ0n) is 21.7. The Hall–Kier alpha value is -4.82. The average molecular weight is 536 g/mol. The van der Waals surface area contributed by atoms with Gasteiger partial charge >= 0.3 is 0 Å². The van der Waals surface area contributed by atoms with E-state index in [9.17, 15) is 9.59 Å². The van der Waals surface area contributed by atoms with Crippen molar-refractivity contribution in [1.29, 1.82) is 0 Å². The molecule has 206 valence electrons.